The minimum atomic E-state index is 0.449. The Morgan fingerprint density at radius 2 is 2.05 bits per heavy atom. The lowest BCUT2D eigenvalue weighted by molar-refractivity contribution is 0.211. The molecule has 7 heteroatoms. The highest BCUT2D eigenvalue weighted by Gasteiger charge is 2.15. The van der Waals surface area contributed by atoms with E-state index in [1.165, 1.54) is 0 Å². The molecule has 0 fully saturated rings. The number of nitrogens with one attached hydrogen (secondary N) is 1. The van der Waals surface area contributed by atoms with Crippen LogP contribution in [0.15, 0.2) is 0 Å². The van der Waals surface area contributed by atoms with Gasteiger partial charge in [-0.15, -0.1) is 21.5 Å². The fourth-order valence-corrected chi connectivity index (χ4v) is 3.47. The van der Waals surface area contributed by atoms with E-state index in [1.54, 1.807) is 29.8 Å². The second kappa shape index (κ2) is 6.40. The first-order valence-electron chi connectivity index (χ1n) is 6.15. The van der Waals surface area contributed by atoms with Crippen LogP contribution in [0.5, 0.6) is 0 Å². The van der Waals surface area contributed by atoms with Crippen LogP contribution < -0.4 is 5.32 Å². The molecule has 0 amide bonds. The van der Waals surface area contributed by atoms with E-state index in [-0.39, 0.29) is 0 Å². The van der Waals surface area contributed by atoms with E-state index in [0.29, 0.717) is 12.5 Å². The number of ether oxygens (including phenoxy) is 1. The van der Waals surface area contributed by atoms with Crippen LogP contribution in [0.4, 0.5) is 5.13 Å². The van der Waals surface area contributed by atoms with Gasteiger partial charge in [0.2, 0.25) is 5.13 Å². The second-order valence-corrected chi connectivity index (χ2v) is 6.46. The summed E-state index contributed by atoms with van der Waals surface area (Å²) < 4.78 is 4.99. The van der Waals surface area contributed by atoms with Gasteiger partial charge in [0, 0.05) is 19.6 Å². The number of anilines is 1. The highest BCUT2D eigenvalue weighted by molar-refractivity contribution is 7.23. The molecule has 0 saturated carbocycles. The maximum absolute atomic E-state index is 4.99. The van der Waals surface area contributed by atoms with Gasteiger partial charge in [0.1, 0.15) is 0 Å². The first-order chi connectivity index (χ1) is 9.11. The summed E-state index contributed by atoms with van der Waals surface area (Å²) >= 11 is 3.26. The third-order valence-electron chi connectivity index (χ3n) is 2.51. The van der Waals surface area contributed by atoms with Gasteiger partial charge < -0.3 is 10.1 Å². The second-order valence-electron chi connectivity index (χ2n) is 4.45. The molecule has 19 heavy (non-hydrogen) atoms. The summed E-state index contributed by atoms with van der Waals surface area (Å²) in [6, 6.07) is 0. The molecule has 2 rings (SSSR count). The van der Waals surface area contributed by atoms with Crippen LogP contribution in [0, 0.1) is 6.92 Å². The third kappa shape index (κ3) is 3.49. The molecule has 2 heterocycles. The fourth-order valence-electron chi connectivity index (χ4n) is 1.51. The number of hydrogen-bond acceptors (Lipinski definition) is 7. The minimum absolute atomic E-state index is 0.449. The molecule has 0 aliphatic carbocycles. The van der Waals surface area contributed by atoms with Gasteiger partial charge in [-0.2, -0.15) is 0 Å². The van der Waals surface area contributed by atoms with Crippen molar-refractivity contribution in [3.63, 3.8) is 0 Å². The van der Waals surface area contributed by atoms with Gasteiger partial charge in [-0.05, 0) is 6.92 Å². The summed E-state index contributed by atoms with van der Waals surface area (Å²) in [4.78, 5) is 5.71. The van der Waals surface area contributed by atoms with E-state index in [9.17, 15) is 0 Å². The van der Waals surface area contributed by atoms with E-state index in [1.807, 2.05) is 6.92 Å². The van der Waals surface area contributed by atoms with Gasteiger partial charge in [0.05, 0.1) is 22.2 Å². The molecule has 2 aromatic rings. The maximum atomic E-state index is 4.99. The zero-order valence-corrected chi connectivity index (χ0v) is 13.2. The van der Waals surface area contributed by atoms with E-state index in [2.05, 4.69) is 34.3 Å². The van der Waals surface area contributed by atoms with Crippen molar-refractivity contribution >= 4 is 27.8 Å². The van der Waals surface area contributed by atoms with Crippen molar-refractivity contribution in [2.45, 2.75) is 26.7 Å². The Labute approximate surface area is 121 Å². The average Bonchev–Trinajstić information content (AvgIpc) is 2.96. The lowest BCUT2D eigenvalue weighted by Gasteiger charge is -1.98. The molecular weight excluding hydrogens is 280 g/mol. The number of thiazole rings is 1. The zero-order chi connectivity index (χ0) is 13.8. The molecule has 0 aromatic carbocycles. The van der Waals surface area contributed by atoms with Gasteiger partial charge in [0.25, 0.3) is 0 Å². The Hall–Kier alpha value is -1.05. The standard InChI is InChI=1S/C12H18N4OS2/c1-7(2)10-14-8(3)9(18-10)11-15-16-12(19-11)13-5-6-17-4/h7H,5-6H2,1-4H3,(H,13,16). The minimum Gasteiger partial charge on any atom is -0.383 e. The van der Waals surface area contributed by atoms with Crippen LogP contribution in [-0.4, -0.2) is 35.4 Å². The van der Waals surface area contributed by atoms with Gasteiger partial charge in [-0.25, -0.2) is 4.98 Å². The lowest BCUT2D eigenvalue weighted by Crippen LogP contribution is -2.06. The predicted octanol–water partition coefficient (Wildman–Crippen LogP) is 3.15. The maximum Gasteiger partial charge on any atom is 0.206 e. The topological polar surface area (TPSA) is 59.9 Å². The van der Waals surface area contributed by atoms with Crippen LogP contribution in [0.3, 0.4) is 0 Å². The van der Waals surface area contributed by atoms with E-state index in [0.717, 1.165) is 32.3 Å². The first-order valence-corrected chi connectivity index (χ1v) is 7.79. The molecule has 0 unspecified atom stereocenters. The number of aromatic nitrogens is 3. The number of hydrogen-bond donors (Lipinski definition) is 1. The molecule has 0 bridgehead atoms. The van der Waals surface area contributed by atoms with Gasteiger partial charge >= 0.3 is 0 Å². The van der Waals surface area contributed by atoms with E-state index < -0.39 is 0 Å². The Bertz CT molecular complexity index is 536. The number of nitrogens with zero attached hydrogens (tertiary/aromatic N) is 3. The predicted molar refractivity (Wildman–Crippen MR) is 80.2 cm³/mol. The van der Waals surface area contributed by atoms with Crippen LogP contribution in [0.2, 0.25) is 0 Å². The SMILES string of the molecule is COCCNc1nnc(-c2sc(C(C)C)nc2C)s1. The van der Waals surface area contributed by atoms with Crippen molar-refractivity contribution in [2.75, 3.05) is 25.6 Å². The van der Waals surface area contributed by atoms with Crippen molar-refractivity contribution < 1.29 is 4.74 Å². The van der Waals surface area contributed by atoms with Crippen molar-refractivity contribution in [1.82, 2.24) is 15.2 Å². The molecule has 0 aliphatic rings. The average molecular weight is 298 g/mol. The smallest absolute Gasteiger partial charge is 0.206 e. The Balaban J connectivity index is 2.13. The molecule has 0 radical (unpaired) electrons. The Kier molecular flexibility index (Phi) is 4.84. The number of methoxy groups -OCH3 is 1. The number of rotatable bonds is 6. The summed E-state index contributed by atoms with van der Waals surface area (Å²) in [7, 11) is 1.68. The van der Waals surface area contributed by atoms with Crippen LogP contribution in [-0.2, 0) is 4.74 Å². The van der Waals surface area contributed by atoms with E-state index in [4.69, 9.17) is 4.74 Å². The first kappa shape index (κ1) is 14.4. The summed E-state index contributed by atoms with van der Waals surface area (Å²) in [6.07, 6.45) is 0. The highest BCUT2D eigenvalue weighted by Crippen LogP contribution is 2.35. The normalized spacial score (nSPS) is 11.2. The Morgan fingerprint density at radius 3 is 2.68 bits per heavy atom. The number of aryl methyl sites for hydroxylation is 1. The van der Waals surface area contributed by atoms with Crippen molar-refractivity contribution in [2.24, 2.45) is 0 Å². The molecule has 0 aliphatic heterocycles. The van der Waals surface area contributed by atoms with Crippen molar-refractivity contribution in [3.05, 3.63) is 10.7 Å². The van der Waals surface area contributed by atoms with Gasteiger partial charge in [-0.3, -0.25) is 0 Å². The van der Waals surface area contributed by atoms with Crippen LogP contribution >= 0.6 is 22.7 Å². The summed E-state index contributed by atoms with van der Waals surface area (Å²) in [6.45, 7) is 7.73. The summed E-state index contributed by atoms with van der Waals surface area (Å²) in [5.41, 5.74) is 1.04. The monoisotopic (exact) mass is 298 g/mol. The Morgan fingerprint density at radius 1 is 1.26 bits per heavy atom. The van der Waals surface area contributed by atoms with Gasteiger partial charge in [0.15, 0.2) is 5.01 Å². The molecule has 0 spiro atoms. The quantitative estimate of drug-likeness (QED) is 0.830. The van der Waals surface area contributed by atoms with Crippen LogP contribution in [0.1, 0.15) is 30.5 Å². The van der Waals surface area contributed by atoms with Gasteiger partial charge in [-0.1, -0.05) is 25.2 Å². The highest BCUT2D eigenvalue weighted by atomic mass is 32.1. The van der Waals surface area contributed by atoms with E-state index >= 15 is 0 Å². The summed E-state index contributed by atoms with van der Waals surface area (Å²) in [5.74, 6) is 0.449. The fraction of sp³-hybridized carbons (Fsp3) is 0.583. The zero-order valence-electron chi connectivity index (χ0n) is 11.6. The molecule has 5 nitrogen and oxygen atoms in total. The lowest BCUT2D eigenvalue weighted by atomic mass is 10.2. The molecule has 0 saturated heterocycles. The molecule has 2 aromatic heterocycles. The summed E-state index contributed by atoms with van der Waals surface area (Å²) in [5, 5.41) is 14.5. The third-order valence-corrected chi connectivity index (χ3v) is 5.00. The molecule has 104 valence electrons. The molecule has 1 N–H and O–H groups in total. The molecular formula is C12H18N4OS2. The molecule has 0 atom stereocenters. The van der Waals surface area contributed by atoms with Crippen LogP contribution in [0.25, 0.3) is 9.88 Å². The van der Waals surface area contributed by atoms with Crippen molar-refractivity contribution in [1.29, 1.82) is 0 Å². The largest absolute Gasteiger partial charge is 0.383 e. The van der Waals surface area contributed by atoms with Crippen molar-refractivity contribution in [3.8, 4) is 9.88 Å².